The molecule has 0 spiro atoms. The van der Waals surface area contributed by atoms with Crippen molar-refractivity contribution in [3.63, 3.8) is 0 Å². The number of hydrogen-bond acceptors (Lipinski definition) is 8. The van der Waals surface area contributed by atoms with Gasteiger partial charge in [0.1, 0.15) is 0 Å². The van der Waals surface area contributed by atoms with Crippen LogP contribution in [0.25, 0.3) is 0 Å². The van der Waals surface area contributed by atoms with Crippen LogP contribution < -0.4 is 34.4 Å². The fourth-order valence-electron chi connectivity index (χ4n) is 0.866. The Balaban J connectivity index is 0.00000225. The quantitative estimate of drug-likeness (QED) is 0.450. The molecular formula is C4H12AlNaO8Si2. The molecule has 88 valence electrons. The van der Waals surface area contributed by atoms with E-state index in [4.69, 9.17) is 19.3 Å². The van der Waals surface area contributed by atoms with Crippen LogP contribution in [0, 0.1) is 0 Å². The van der Waals surface area contributed by atoms with E-state index in [1.165, 1.54) is 28.4 Å². The Morgan fingerprint density at radius 2 is 1.50 bits per heavy atom. The van der Waals surface area contributed by atoms with Crippen LogP contribution in [-0.2, 0) is 28.1 Å². The number of rotatable bonds is 6. The number of hydrogen-bond donors (Lipinski definition) is 0. The van der Waals surface area contributed by atoms with E-state index in [1.54, 1.807) is 0 Å². The van der Waals surface area contributed by atoms with E-state index in [0.29, 0.717) is 0 Å². The predicted octanol–water partition coefficient (Wildman–Crippen LogP) is -5.14. The van der Waals surface area contributed by atoms with E-state index in [0.717, 1.165) is 0 Å². The molecule has 0 aromatic rings. The summed E-state index contributed by atoms with van der Waals surface area (Å²) >= 11 is -2.51. The predicted molar refractivity (Wildman–Crippen MR) is 48.6 cm³/mol. The van der Waals surface area contributed by atoms with Gasteiger partial charge in [0.05, 0.1) is 0 Å². The Morgan fingerprint density at radius 1 is 1.06 bits per heavy atom. The molecule has 0 aliphatic carbocycles. The molecule has 0 aromatic heterocycles. The van der Waals surface area contributed by atoms with Gasteiger partial charge < -0.3 is 32.9 Å². The molecule has 0 amide bonds. The Hall–Kier alpha value is 1.65. The summed E-state index contributed by atoms with van der Waals surface area (Å²) in [7, 11) is -1.59. The van der Waals surface area contributed by atoms with E-state index >= 15 is 0 Å². The second-order valence-corrected chi connectivity index (χ2v) is 9.50. The molecule has 1 aliphatic heterocycles. The van der Waals surface area contributed by atoms with E-state index < -0.39 is 33.2 Å². The molecule has 0 saturated carbocycles. The van der Waals surface area contributed by atoms with E-state index in [2.05, 4.69) is 8.85 Å². The topological polar surface area (TPSA) is 87.7 Å². The third-order valence-corrected chi connectivity index (χ3v) is 9.50. The SMILES string of the molecule is CO[Si]([O-])(OC)[O][Al]1[O][Si](OC)(OC)[O]1.[Na+]. The average Bonchev–Trinajstić information content (AvgIpc) is 2.22. The summed E-state index contributed by atoms with van der Waals surface area (Å²) in [4.78, 5) is 11.5. The average molecular weight is 294 g/mol. The van der Waals surface area contributed by atoms with Crippen molar-refractivity contribution in [1.82, 2.24) is 0 Å². The van der Waals surface area contributed by atoms with Crippen LogP contribution in [0.1, 0.15) is 0 Å². The van der Waals surface area contributed by atoms with Crippen molar-refractivity contribution >= 4 is 33.2 Å². The summed E-state index contributed by atoms with van der Waals surface area (Å²) in [5.74, 6) is 0. The molecular weight excluding hydrogens is 282 g/mol. The zero-order chi connectivity index (χ0) is 11.5. The largest absolute Gasteiger partial charge is 1.00 e. The first kappa shape index (κ1) is 17.6. The van der Waals surface area contributed by atoms with E-state index in [1.807, 2.05) is 0 Å². The second kappa shape index (κ2) is 7.29. The van der Waals surface area contributed by atoms with Gasteiger partial charge in [-0.25, -0.2) is 0 Å². The van der Waals surface area contributed by atoms with Gasteiger partial charge in [-0.15, -0.1) is 0 Å². The maximum atomic E-state index is 11.5. The van der Waals surface area contributed by atoms with Crippen molar-refractivity contribution in [3.8, 4) is 0 Å². The molecule has 1 aliphatic rings. The summed E-state index contributed by atoms with van der Waals surface area (Å²) in [5.41, 5.74) is 0. The van der Waals surface area contributed by atoms with Gasteiger partial charge in [0.2, 0.25) is 0 Å². The molecule has 1 heterocycles. The monoisotopic (exact) mass is 294 g/mol. The third kappa shape index (κ3) is 4.09. The minimum atomic E-state index is -3.85. The minimum absolute atomic E-state index is 0. The van der Waals surface area contributed by atoms with Crippen LogP contribution in [-0.4, -0.2) is 61.7 Å². The molecule has 16 heavy (non-hydrogen) atoms. The molecule has 0 atom stereocenters. The van der Waals surface area contributed by atoms with Crippen LogP contribution in [0.15, 0.2) is 0 Å². The minimum Gasteiger partial charge on any atom is -0.795 e. The molecule has 0 aromatic carbocycles. The van der Waals surface area contributed by atoms with Gasteiger partial charge in [0.15, 0.2) is 0 Å². The van der Waals surface area contributed by atoms with Crippen molar-refractivity contribution < 1.29 is 62.5 Å². The van der Waals surface area contributed by atoms with Crippen molar-refractivity contribution in [1.29, 1.82) is 0 Å². The zero-order valence-electron chi connectivity index (χ0n) is 9.84. The van der Waals surface area contributed by atoms with Crippen molar-refractivity contribution in [2.45, 2.75) is 0 Å². The van der Waals surface area contributed by atoms with Crippen molar-refractivity contribution in [2.24, 2.45) is 0 Å². The molecule has 8 nitrogen and oxygen atoms in total. The molecule has 1 rings (SSSR count). The van der Waals surface area contributed by atoms with Crippen LogP contribution in [0.5, 0.6) is 0 Å². The first-order valence-electron chi connectivity index (χ1n) is 3.97. The fourth-order valence-corrected chi connectivity index (χ4v) is 7.66. The molecule has 1 saturated heterocycles. The van der Waals surface area contributed by atoms with Gasteiger partial charge in [-0.1, -0.05) is 0 Å². The molecule has 0 unspecified atom stereocenters. The summed E-state index contributed by atoms with van der Waals surface area (Å²) in [6.07, 6.45) is 0. The normalized spacial score (nSPS) is 18.9. The fraction of sp³-hybridized carbons (Fsp3) is 1.00. The Morgan fingerprint density at radius 3 is 1.81 bits per heavy atom. The van der Waals surface area contributed by atoms with Crippen LogP contribution in [0.4, 0.5) is 0 Å². The standard InChI is InChI=1S/2C2H6O4Si.Al.Na/c2*1-5-7(3,4)6-2;;/h2*1-2H3;;/q2*-2;+3;+1. The zero-order valence-corrected chi connectivity index (χ0v) is 15.0. The smallest absolute Gasteiger partial charge is 0.795 e. The van der Waals surface area contributed by atoms with Crippen LogP contribution >= 0.6 is 0 Å². The van der Waals surface area contributed by atoms with Gasteiger partial charge in [-0.05, 0) is 0 Å². The van der Waals surface area contributed by atoms with Gasteiger partial charge in [-0.2, -0.15) is 0 Å². The first-order chi connectivity index (χ1) is 7.03. The maximum absolute atomic E-state index is 11.5. The molecule has 0 N–H and O–H groups in total. The summed E-state index contributed by atoms with van der Waals surface area (Å²) < 4.78 is 34.3. The molecule has 0 bridgehead atoms. The molecule has 12 heteroatoms. The van der Waals surface area contributed by atoms with Gasteiger partial charge in [0.25, 0.3) is 0 Å². The van der Waals surface area contributed by atoms with Gasteiger partial charge in [0, 0.05) is 28.4 Å². The summed E-state index contributed by atoms with van der Waals surface area (Å²) in [6.45, 7) is 0. The second-order valence-electron chi connectivity index (χ2n) is 2.46. The summed E-state index contributed by atoms with van der Waals surface area (Å²) in [6, 6.07) is 0. The van der Waals surface area contributed by atoms with Crippen LogP contribution in [0.3, 0.4) is 0 Å². The third-order valence-electron chi connectivity index (χ3n) is 1.72. The van der Waals surface area contributed by atoms with E-state index in [-0.39, 0.29) is 29.6 Å². The van der Waals surface area contributed by atoms with Crippen molar-refractivity contribution in [2.75, 3.05) is 28.4 Å². The van der Waals surface area contributed by atoms with Gasteiger partial charge in [-0.3, -0.25) is 0 Å². The Kier molecular flexibility index (Phi) is 8.04. The maximum Gasteiger partial charge on any atom is 1.00 e. The summed E-state index contributed by atoms with van der Waals surface area (Å²) in [5, 5.41) is 0. The molecule has 1 fully saturated rings. The first-order valence-corrected chi connectivity index (χ1v) is 8.65. The van der Waals surface area contributed by atoms with Crippen molar-refractivity contribution in [3.05, 3.63) is 0 Å². The van der Waals surface area contributed by atoms with Crippen LogP contribution in [0.2, 0.25) is 0 Å². The Labute approximate surface area is 123 Å². The van der Waals surface area contributed by atoms with Gasteiger partial charge >= 0.3 is 62.8 Å². The molecule has 0 radical (unpaired) electrons. The van der Waals surface area contributed by atoms with E-state index in [9.17, 15) is 4.80 Å². The Bertz CT molecular complexity index is 206.